The molecule has 0 unspecified atom stereocenters. The molecule has 0 aliphatic heterocycles. The van der Waals surface area contributed by atoms with Gasteiger partial charge in [0.2, 0.25) is 5.88 Å². The molecule has 0 saturated carbocycles. The summed E-state index contributed by atoms with van der Waals surface area (Å²) in [5.74, 6) is -0.0697. The summed E-state index contributed by atoms with van der Waals surface area (Å²) in [4.78, 5) is 12.6. The number of carbonyl (C=O) groups excluding carboxylic acids is 1. The first-order valence-corrected chi connectivity index (χ1v) is 9.29. The minimum absolute atomic E-state index is 0.308. The first kappa shape index (κ1) is 19.5. The number of nitrogens with zero attached hydrogens (tertiary/aromatic N) is 2. The highest BCUT2D eigenvalue weighted by Crippen LogP contribution is 2.26. The van der Waals surface area contributed by atoms with E-state index in [1.807, 2.05) is 13.8 Å². The van der Waals surface area contributed by atoms with E-state index in [1.165, 1.54) is 17.2 Å². The normalized spacial score (nSPS) is 10.9. The van der Waals surface area contributed by atoms with E-state index in [0.717, 1.165) is 16.8 Å². The lowest BCUT2D eigenvalue weighted by Gasteiger charge is -2.11. The summed E-state index contributed by atoms with van der Waals surface area (Å²) in [6, 6.07) is 10.9. The number of aromatic nitrogens is 2. The predicted molar refractivity (Wildman–Crippen MR) is 108 cm³/mol. The van der Waals surface area contributed by atoms with E-state index in [-0.39, 0.29) is 0 Å². The minimum atomic E-state index is -0.502. The molecule has 0 atom stereocenters. The maximum absolute atomic E-state index is 12.6. The first-order valence-electron chi connectivity index (χ1n) is 8.53. The molecule has 0 N–H and O–H groups in total. The third-order valence-corrected chi connectivity index (χ3v) is 5.36. The molecule has 27 heavy (non-hydrogen) atoms. The van der Waals surface area contributed by atoms with Crippen LogP contribution < -0.4 is 4.74 Å². The summed E-state index contributed by atoms with van der Waals surface area (Å²) in [6.07, 6.45) is 0. The van der Waals surface area contributed by atoms with Crippen molar-refractivity contribution in [3.63, 3.8) is 0 Å². The van der Waals surface area contributed by atoms with Gasteiger partial charge in [-0.3, -0.25) is 0 Å². The van der Waals surface area contributed by atoms with Crippen LogP contribution in [0.2, 0.25) is 10.0 Å². The molecule has 0 amide bonds. The highest BCUT2D eigenvalue weighted by molar-refractivity contribution is 6.42. The van der Waals surface area contributed by atoms with Crippen molar-refractivity contribution in [1.29, 1.82) is 0 Å². The average molecular weight is 403 g/mol. The van der Waals surface area contributed by atoms with Gasteiger partial charge in [0, 0.05) is 5.56 Å². The van der Waals surface area contributed by atoms with E-state index in [4.69, 9.17) is 27.9 Å². The number of halogens is 2. The van der Waals surface area contributed by atoms with Crippen LogP contribution in [0.1, 0.15) is 38.3 Å². The first-order chi connectivity index (χ1) is 12.8. The quantitative estimate of drug-likeness (QED) is 0.526. The Bertz CT molecular complexity index is 1030. The van der Waals surface area contributed by atoms with Gasteiger partial charge < -0.3 is 4.74 Å². The van der Waals surface area contributed by atoms with Crippen LogP contribution in [0.15, 0.2) is 36.4 Å². The number of carbonyl (C=O) groups is 1. The van der Waals surface area contributed by atoms with E-state index >= 15 is 0 Å². The second kappa shape index (κ2) is 7.75. The topological polar surface area (TPSA) is 44.1 Å². The summed E-state index contributed by atoms with van der Waals surface area (Å²) >= 11 is 11.9. The Labute approximate surface area is 168 Å². The van der Waals surface area contributed by atoms with Crippen molar-refractivity contribution in [2.24, 2.45) is 0 Å². The van der Waals surface area contributed by atoms with Gasteiger partial charge in [0.25, 0.3) is 0 Å². The van der Waals surface area contributed by atoms with E-state index in [0.29, 0.717) is 28.0 Å². The summed E-state index contributed by atoms with van der Waals surface area (Å²) in [6.45, 7) is 8.44. The highest BCUT2D eigenvalue weighted by atomic mass is 35.5. The molecule has 1 aromatic heterocycles. The number of aryl methyl sites for hydroxylation is 3. The Kier molecular flexibility index (Phi) is 5.59. The van der Waals surface area contributed by atoms with Crippen LogP contribution in [0.25, 0.3) is 0 Å². The molecule has 0 saturated heterocycles. The third-order valence-electron chi connectivity index (χ3n) is 4.62. The molecular weight excluding hydrogens is 383 g/mol. The fourth-order valence-electron chi connectivity index (χ4n) is 2.73. The second-order valence-corrected chi connectivity index (χ2v) is 7.42. The fraction of sp³-hybridized carbons (Fsp3) is 0.238. The van der Waals surface area contributed by atoms with Crippen molar-refractivity contribution in [3.05, 3.63) is 80.0 Å². The molecule has 1 heterocycles. The third kappa shape index (κ3) is 4.18. The Morgan fingerprint density at radius 1 is 1.00 bits per heavy atom. The van der Waals surface area contributed by atoms with Crippen molar-refractivity contribution in [2.75, 3.05) is 0 Å². The van der Waals surface area contributed by atoms with Crippen LogP contribution >= 0.6 is 23.2 Å². The molecule has 140 valence electrons. The molecule has 0 aliphatic carbocycles. The average Bonchev–Trinajstić information content (AvgIpc) is 2.88. The van der Waals surface area contributed by atoms with Crippen LogP contribution in [0.5, 0.6) is 5.88 Å². The van der Waals surface area contributed by atoms with Gasteiger partial charge in [0.05, 0.1) is 27.8 Å². The molecule has 2 aromatic carbocycles. The largest absolute Gasteiger partial charge is 0.404 e. The SMILES string of the molecule is Cc1ccc(Cn2nc(C)c(C)c2OC(=O)c2ccc(Cl)c(Cl)c2)cc1C. The zero-order valence-corrected chi connectivity index (χ0v) is 17.1. The molecule has 6 heteroatoms. The Hall–Kier alpha value is -2.30. The maximum Gasteiger partial charge on any atom is 0.344 e. The summed E-state index contributed by atoms with van der Waals surface area (Å²) in [7, 11) is 0. The smallest absolute Gasteiger partial charge is 0.344 e. The number of benzene rings is 2. The Morgan fingerprint density at radius 2 is 1.74 bits per heavy atom. The minimum Gasteiger partial charge on any atom is -0.404 e. The number of hydrogen-bond donors (Lipinski definition) is 0. The van der Waals surface area contributed by atoms with Gasteiger partial charge >= 0.3 is 5.97 Å². The molecule has 0 spiro atoms. The monoisotopic (exact) mass is 402 g/mol. The molecule has 0 fully saturated rings. The zero-order chi connectivity index (χ0) is 19.7. The van der Waals surface area contributed by atoms with Crippen LogP contribution in [0.3, 0.4) is 0 Å². The Morgan fingerprint density at radius 3 is 2.41 bits per heavy atom. The van der Waals surface area contributed by atoms with Crippen molar-refractivity contribution in [2.45, 2.75) is 34.2 Å². The molecule has 0 aliphatic rings. The van der Waals surface area contributed by atoms with Gasteiger partial charge in [-0.1, -0.05) is 41.4 Å². The lowest BCUT2D eigenvalue weighted by Crippen LogP contribution is -2.13. The second-order valence-electron chi connectivity index (χ2n) is 6.61. The van der Waals surface area contributed by atoms with Gasteiger partial charge in [-0.05, 0) is 62.6 Å². The predicted octanol–water partition coefficient (Wildman–Crippen LogP) is 5.69. The zero-order valence-electron chi connectivity index (χ0n) is 15.6. The van der Waals surface area contributed by atoms with Gasteiger partial charge in [-0.25, -0.2) is 9.48 Å². The lowest BCUT2D eigenvalue weighted by molar-refractivity contribution is 0.0717. The molecule has 4 nitrogen and oxygen atoms in total. The van der Waals surface area contributed by atoms with Crippen molar-refractivity contribution >= 4 is 29.2 Å². The molecule has 0 bridgehead atoms. The summed E-state index contributed by atoms with van der Waals surface area (Å²) in [5, 5.41) is 5.23. The molecule has 0 radical (unpaired) electrons. The van der Waals surface area contributed by atoms with E-state index in [9.17, 15) is 4.79 Å². The van der Waals surface area contributed by atoms with Crippen molar-refractivity contribution in [1.82, 2.24) is 9.78 Å². The fourth-order valence-corrected chi connectivity index (χ4v) is 3.03. The van der Waals surface area contributed by atoms with Crippen LogP contribution in [0, 0.1) is 27.7 Å². The molecule has 3 rings (SSSR count). The summed E-state index contributed by atoms with van der Waals surface area (Å²) in [5.41, 5.74) is 5.51. The Balaban J connectivity index is 1.89. The van der Waals surface area contributed by atoms with E-state index in [1.54, 1.807) is 16.8 Å². The number of esters is 1. The highest BCUT2D eigenvalue weighted by Gasteiger charge is 2.19. The van der Waals surface area contributed by atoms with Gasteiger partial charge in [0.1, 0.15) is 0 Å². The molecule has 3 aromatic rings. The standard InChI is InChI=1S/C21H20Cl2N2O2/c1-12-5-6-16(9-13(12)2)11-25-20(14(3)15(4)24-25)27-21(26)17-7-8-18(22)19(23)10-17/h5-10H,11H2,1-4H3. The number of ether oxygens (including phenoxy) is 1. The summed E-state index contributed by atoms with van der Waals surface area (Å²) < 4.78 is 7.38. The van der Waals surface area contributed by atoms with E-state index < -0.39 is 5.97 Å². The van der Waals surface area contributed by atoms with Crippen LogP contribution in [0.4, 0.5) is 0 Å². The maximum atomic E-state index is 12.6. The van der Waals surface area contributed by atoms with E-state index in [2.05, 4.69) is 37.1 Å². The number of rotatable bonds is 4. The van der Waals surface area contributed by atoms with Gasteiger partial charge in [-0.15, -0.1) is 0 Å². The molecular formula is C21H20Cl2N2O2. The number of hydrogen-bond acceptors (Lipinski definition) is 3. The van der Waals surface area contributed by atoms with Gasteiger partial charge in [0.15, 0.2) is 0 Å². The van der Waals surface area contributed by atoms with Crippen molar-refractivity contribution in [3.8, 4) is 5.88 Å². The van der Waals surface area contributed by atoms with Gasteiger partial charge in [-0.2, -0.15) is 5.10 Å². The lowest BCUT2D eigenvalue weighted by atomic mass is 10.1. The van der Waals surface area contributed by atoms with Crippen LogP contribution in [-0.2, 0) is 6.54 Å². The van der Waals surface area contributed by atoms with Crippen LogP contribution in [-0.4, -0.2) is 15.7 Å². The van der Waals surface area contributed by atoms with Crippen molar-refractivity contribution < 1.29 is 9.53 Å².